The number of nitrogens with zero attached hydrogens (tertiary/aromatic N) is 1. The van der Waals surface area contributed by atoms with E-state index in [1.165, 1.54) is 5.56 Å². The predicted octanol–water partition coefficient (Wildman–Crippen LogP) is 3.87. The van der Waals surface area contributed by atoms with E-state index in [4.69, 9.17) is 9.47 Å². The summed E-state index contributed by atoms with van der Waals surface area (Å²) in [6, 6.07) is 18.4. The fourth-order valence-corrected chi connectivity index (χ4v) is 2.75. The third kappa shape index (κ3) is 7.56. The molecule has 2 aromatic carbocycles. The van der Waals surface area contributed by atoms with Gasteiger partial charge in [-0.2, -0.15) is 0 Å². The van der Waals surface area contributed by atoms with E-state index in [-0.39, 0.29) is 5.60 Å². The molecule has 0 unspecified atom stereocenters. The number of methoxy groups -OCH3 is 1. The van der Waals surface area contributed by atoms with Crippen LogP contribution in [0.4, 0.5) is 0 Å². The van der Waals surface area contributed by atoms with Gasteiger partial charge in [-0.25, -0.2) is 0 Å². The smallest absolute Gasteiger partial charge is 0.119 e. The number of aliphatic hydroxyl groups excluding tert-OH is 1. The van der Waals surface area contributed by atoms with Crippen LogP contribution in [0.3, 0.4) is 0 Å². The van der Waals surface area contributed by atoms with Gasteiger partial charge in [-0.3, -0.25) is 4.90 Å². The summed E-state index contributed by atoms with van der Waals surface area (Å²) in [6.45, 7) is 8.37. The largest absolute Gasteiger partial charge is 0.497 e. The highest BCUT2D eigenvalue weighted by atomic mass is 16.5. The molecule has 1 atom stereocenters. The van der Waals surface area contributed by atoms with Gasteiger partial charge in [-0.1, -0.05) is 42.5 Å². The first-order valence-electron chi connectivity index (χ1n) is 9.07. The molecule has 0 saturated heterocycles. The van der Waals surface area contributed by atoms with Gasteiger partial charge in [0.15, 0.2) is 0 Å². The zero-order chi connectivity index (χ0) is 19.0. The van der Waals surface area contributed by atoms with Crippen molar-refractivity contribution in [2.75, 3.05) is 20.3 Å². The molecule has 142 valence electrons. The maximum Gasteiger partial charge on any atom is 0.119 e. The van der Waals surface area contributed by atoms with Crippen LogP contribution in [-0.4, -0.2) is 42.0 Å². The monoisotopic (exact) mass is 357 g/mol. The molecule has 0 aliphatic carbocycles. The van der Waals surface area contributed by atoms with E-state index < -0.39 is 6.10 Å². The van der Waals surface area contributed by atoms with Crippen LogP contribution in [0.2, 0.25) is 0 Å². The number of hydrogen-bond donors (Lipinski definition) is 1. The van der Waals surface area contributed by atoms with E-state index in [0.717, 1.165) is 24.4 Å². The first-order chi connectivity index (χ1) is 12.4. The molecule has 2 rings (SSSR count). The van der Waals surface area contributed by atoms with Crippen LogP contribution in [0.15, 0.2) is 54.6 Å². The normalized spacial score (nSPS) is 13.0. The SMILES string of the molecule is COc1cccc(CN(Cc2ccccc2)C[C@@H](O)COC(C)(C)C)c1. The number of benzene rings is 2. The van der Waals surface area contributed by atoms with E-state index in [1.54, 1.807) is 7.11 Å². The van der Waals surface area contributed by atoms with Crippen LogP contribution in [0, 0.1) is 0 Å². The molecule has 0 heterocycles. The van der Waals surface area contributed by atoms with Crippen molar-refractivity contribution in [2.45, 2.75) is 45.6 Å². The fourth-order valence-electron chi connectivity index (χ4n) is 2.75. The Labute approximate surface area is 157 Å². The summed E-state index contributed by atoms with van der Waals surface area (Å²) < 4.78 is 11.1. The summed E-state index contributed by atoms with van der Waals surface area (Å²) in [7, 11) is 1.68. The van der Waals surface area contributed by atoms with E-state index in [1.807, 2.05) is 57.2 Å². The Balaban J connectivity index is 2.05. The Morgan fingerprint density at radius 3 is 2.27 bits per heavy atom. The number of ether oxygens (including phenoxy) is 2. The molecule has 0 radical (unpaired) electrons. The first-order valence-corrected chi connectivity index (χ1v) is 9.07. The number of aliphatic hydroxyl groups is 1. The third-order valence-electron chi connectivity index (χ3n) is 3.97. The van der Waals surface area contributed by atoms with Crippen LogP contribution in [0.1, 0.15) is 31.9 Å². The lowest BCUT2D eigenvalue weighted by Crippen LogP contribution is -2.36. The molecule has 0 amide bonds. The molecule has 26 heavy (non-hydrogen) atoms. The molecule has 0 aliphatic heterocycles. The zero-order valence-corrected chi connectivity index (χ0v) is 16.3. The first kappa shape index (κ1) is 20.4. The Morgan fingerprint density at radius 1 is 0.962 bits per heavy atom. The topological polar surface area (TPSA) is 41.9 Å². The van der Waals surface area contributed by atoms with Gasteiger partial charge in [-0.15, -0.1) is 0 Å². The molecule has 0 spiro atoms. The van der Waals surface area contributed by atoms with E-state index in [9.17, 15) is 5.11 Å². The molecular weight excluding hydrogens is 326 g/mol. The van der Waals surface area contributed by atoms with Gasteiger partial charge in [0.2, 0.25) is 0 Å². The molecule has 2 aromatic rings. The molecule has 0 bridgehead atoms. The second-order valence-electron chi connectivity index (χ2n) is 7.58. The predicted molar refractivity (Wildman–Crippen MR) is 105 cm³/mol. The Morgan fingerprint density at radius 2 is 1.62 bits per heavy atom. The van der Waals surface area contributed by atoms with Crippen molar-refractivity contribution in [2.24, 2.45) is 0 Å². The molecular formula is C22H31NO3. The molecule has 0 saturated carbocycles. The second kappa shape index (κ2) is 9.72. The minimum absolute atomic E-state index is 0.252. The Kier molecular flexibility index (Phi) is 7.64. The highest BCUT2D eigenvalue weighted by Crippen LogP contribution is 2.17. The lowest BCUT2D eigenvalue weighted by Gasteiger charge is -2.27. The van der Waals surface area contributed by atoms with Crippen LogP contribution in [-0.2, 0) is 17.8 Å². The van der Waals surface area contributed by atoms with Crippen LogP contribution >= 0.6 is 0 Å². The third-order valence-corrected chi connectivity index (χ3v) is 3.97. The molecule has 0 aliphatic rings. The van der Waals surface area contributed by atoms with E-state index in [2.05, 4.69) is 23.1 Å². The zero-order valence-electron chi connectivity index (χ0n) is 16.3. The molecule has 4 nitrogen and oxygen atoms in total. The van der Waals surface area contributed by atoms with Gasteiger partial charge >= 0.3 is 0 Å². The van der Waals surface area contributed by atoms with Gasteiger partial charge in [0.05, 0.1) is 25.4 Å². The summed E-state index contributed by atoms with van der Waals surface area (Å²) in [4.78, 5) is 2.24. The maximum atomic E-state index is 10.4. The standard InChI is InChI=1S/C22H31NO3/c1-22(2,3)26-17-20(24)16-23(14-18-9-6-5-7-10-18)15-19-11-8-12-21(13-19)25-4/h5-13,20,24H,14-17H2,1-4H3/t20-/m1/s1. The summed E-state index contributed by atoms with van der Waals surface area (Å²) in [5, 5.41) is 10.4. The van der Waals surface area contributed by atoms with Crippen molar-refractivity contribution in [1.82, 2.24) is 4.90 Å². The molecule has 0 aromatic heterocycles. The summed E-state index contributed by atoms with van der Waals surface area (Å²) in [6.07, 6.45) is -0.538. The van der Waals surface area contributed by atoms with E-state index >= 15 is 0 Å². The van der Waals surface area contributed by atoms with Crippen molar-refractivity contribution in [3.63, 3.8) is 0 Å². The average Bonchev–Trinajstić information content (AvgIpc) is 2.60. The van der Waals surface area contributed by atoms with Crippen LogP contribution < -0.4 is 4.74 Å². The average molecular weight is 357 g/mol. The Bertz CT molecular complexity index is 652. The van der Waals surface area contributed by atoms with Gasteiger partial charge in [0.1, 0.15) is 5.75 Å². The fraction of sp³-hybridized carbons (Fsp3) is 0.455. The minimum Gasteiger partial charge on any atom is -0.497 e. The minimum atomic E-state index is -0.538. The number of rotatable bonds is 9. The maximum absolute atomic E-state index is 10.4. The van der Waals surface area contributed by atoms with Gasteiger partial charge in [-0.05, 0) is 44.0 Å². The lowest BCUT2D eigenvalue weighted by atomic mass is 10.1. The van der Waals surface area contributed by atoms with E-state index in [0.29, 0.717) is 13.2 Å². The van der Waals surface area contributed by atoms with Crippen molar-refractivity contribution in [3.05, 3.63) is 65.7 Å². The molecule has 1 N–H and O–H groups in total. The summed E-state index contributed by atoms with van der Waals surface area (Å²) in [5.74, 6) is 0.846. The molecule has 4 heteroatoms. The van der Waals surface area contributed by atoms with Crippen molar-refractivity contribution in [3.8, 4) is 5.75 Å². The van der Waals surface area contributed by atoms with Crippen molar-refractivity contribution >= 4 is 0 Å². The highest BCUT2D eigenvalue weighted by Gasteiger charge is 2.17. The number of hydrogen-bond acceptors (Lipinski definition) is 4. The second-order valence-corrected chi connectivity index (χ2v) is 7.58. The summed E-state index contributed by atoms with van der Waals surface area (Å²) in [5.41, 5.74) is 2.13. The highest BCUT2D eigenvalue weighted by molar-refractivity contribution is 5.28. The Hall–Kier alpha value is -1.88. The van der Waals surface area contributed by atoms with Gasteiger partial charge in [0, 0.05) is 19.6 Å². The quantitative estimate of drug-likeness (QED) is 0.740. The van der Waals surface area contributed by atoms with Gasteiger partial charge < -0.3 is 14.6 Å². The van der Waals surface area contributed by atoms with Crippen LogP contribution in [0.25, 0.3) is 0 Å². The van der Waals surface area contributed by atoms with Crippen molar-refractivity contribution in [1.29, 1.82) is 0 Å². The summed E-state index contributed by atoms with van der Waals surface area (Å²) >= 11 is 0. The van der Waals surface area contributed by atoms with Crippen LogP contribution in [0.5, 0.6) is 5.75 Å². The molecule has 0 fully saturated rings. The van der Waals surface area contributed by atoms with Gasteiger partial charge in [0.25, 0.3) is 0 Å². The van der Waals surface area contributed by atoms with Crippen molar-refractivity contribution < 1.29 is 14.6 Å². The lowest BCUT2D eigenvalue weighted by molar-refractivity contribution is -0.0572.